The second kappa shape index (κ2) is 10.1. The molecule has 1 N–H and O–H groups in total. The Balaban J connectivity index is 1.41. The highest BCUT2D eigenvalue weighted by Gasteiger charge is 2.42. The lowest BCUT2D eigenvalue weighted by molar-refractivity contribution is 0.482. The van der Waals surface area contributed by atoms with Gasteiger partial charge in [-0.3, -0.25) is 4.98 Å². The molecule has 0 aliphatic carbocycles. The number of nitrogens with one attached hydrogen (secondary N) is 1. The smallest absolute Gasteiger partial charge is 0.174 e. The van der Waals surface area contributed by atoms with Crippen molar-refractivity contribution in [3.05, 3.63) is 138 Å². The molecule has 0 saturated carbocycles. The maximum atomic E-state index is 6.34. The van der Waals surface area contributed by atoms with E-state index in [4.69, 9.17) is 28.6 Å². The monoisotopic (exact) mass is 522 g/mol. The van der Waals surface area contributed by atoms with Crippen molar-refractivity contribution in [2.75, 3.05) is 4.90 Å². The van der Waals surface area contributed by atoms with Crippen molar-refractivity contribution in [1.82, 2.24) is 14.9 Å². The van der Waals surface area contributed by atoms with Crippen LogP contribution >= 0.6 is 23.8 Å². The third-order valence-electron chi connectivity index (χ3n) is 6.36. The molecule has 0 spiro atoms. The number of ether oxygens (including phenoxy) is 1. The Labute approximate surface area is 225 Å². The van der Waals surface area contributed by atoms with Gasteiger partial charge in [0.25, 0.3) is 0 Å². The molecule has 37 heavy (non-hydrogen) atoms. The molecule has 0 unspecified atom stereocenters. The van der Waals surface area contributed by atoms with E-state index >= 15 is 0 Å². The maximum absolute atomic E-state index is 6.34. The van der Waals surface area contributed by atoms with E-state index in [0.717, 1.165) is 34.3 Å². The molecule has 1 aliphatic heterocycles. The van der Waals surface area contributed by atoms with Crippen LogP contribution in [0.1, 0.15) is 23.5 Å². The predicted octanol–water partition coefficient (Wildman–Crippen LogP) is 7.50. The minimum absolute atomic E-state index is 0.151. The minimum atomic E-state index is -0.155. The van der Waals surface area contributed by atoms with Crippen LogP contribution in [0.2, 0.25) is 5.02 Å². The first kappa shape index (κ1) is 23.3. The summed E-state index contributed by atoms with van der Waals surface area (Å²) in [5.41, 5.74) is 3.92. The van der Waals surface area contributed by atoms with Crippen molar-refractivity contribution in [2.24, 2.45) is 0 Å². The van der Waals surface area contributed by atoms with Crippen LogP contribution in [0.4, 0.5) is 5.69 Å². The largest absolute Gasteiger partial charge is 0.457 e. The lowest BCUT2D eigenvalue weighted by Crippen LogP contribution is -2.30. The zero-order valence-electron chi connectivity index (χ0n) is 19.7. The van der Waals surface area contributed by atoms with Gasteiger partial charge in [0.05, 0.1) is 11.7 Å². The summed E-state index contributed by atoms with van der Waals surface area (Å²) < 4.78 is 8.16. The number of nitrogens with zero attached hydrogens (tertiary/aromatic N) is 3. The Kier molecular flexibility index (Phi) is 6.35. The summed E-state index contributed by atoms with van der Waals surface area (Å²) in [4.78, 5) is 6.81. The van der Waals surface area contributed by atoms with Gasteiger partial charge in [0.15, 0.2) is 5.11 Å². The van der Waals surface area contributed by atoms with E-state index in [2.05, 4.69) is 25.8 Å². The van der Waals surface area contributed by atoms with Crippen LogP contribution in [0.15, 0.2) is 122 Å². The van der Waals surface area contributed by atoms with Gasteiger partial charge >= 0.3 is 0 Å². The highest BCUT2D eigenvalue weighted by molar-refractivity contribution is 7.80. The van der Waals surface area contributed by atoms with E-state index in [1.807, 2.05) is 116 Å². The van der Waals surface area contributed by atoms with Crippen molar-refractivity contribution in [1.29, 1.82) is 0 Å². The molecule has 182 valence electrons. The quantitative estimate of drug-likeness (QED) is 0.234. The number of aromatic nitrogens is 2. The summed E-state index contributed by atoms with van der Waals surface area (Å²) in [6, 6.07) is 35.4. The molecule has 0 amide bonds. The number of halogens is 1. The molecule has 2 atom stereocenters. The molecule has 1 saturated heterocycles. The second-order valence-electron chi connectivity index (χ2n) is 8.69. The van der Waals surface area contributed by atoms with Gasteiger partial charge < -0.3 is 19.5 Å². The molecule has 3 heterocycles. The van der Waals surface area contributed by atoms with Crippen LogP contribution in [-0.2, 0) is 0 Å². The Morgan fingerprint density at radius 2 is 1.57 bits per heavy atom. The summed E-state index contributed by atoms with van der Waals surface area (Å²) in [6.07, 6.45) is 3.86. The Morgan fingerprint density at radius 3 is 2.32 bits per heavy atom. The van der Waals surface area contributed by atoms with Gasteiger partial charge in [-0.15, -0.1) is 0 Å². The third-order valence-corrected chi connectivity index (χ3v) is 6.91. The predicted molar refractivity (Wildman–Crippen MR) is 152 cm³/mol. The van der Waals surface area contributed by atoms with Crippen LogP contribution < -0.4 is 15.0 Å². The van der Waals surface area contributed by atoms with Crippen LogP contribution in [0, 0.1) is 0 Å². The summed E-state index contributed by atoms with van der Waals surface area (Å²) in [5, 5.41) is 4.85. The molecule has 1 aliphatic rings. The molecule has 0 radical (unpaired) electrons. The summed E-state index contributed by atoms with van der Waals surface area (Å²) in [5.74, 6) is 1.55. The van der Waals surface area contributed by atoms with Crippen molar-refractivity contribution < 1.29 is 4.74 Å². The first-order valence-corrected chi connectivity index (χ1v) is 12.7. The van der Waals surface area contributed by atoms with Crippen LogP contribution in [0.5, 0.6) is 11.5 Å². The van der Waals surface area contributed by atoms with Crippen molar-refractivity contribution >= 4 is 34.6 Å². The molecule has 7 heteroatoms. The number of hydrogen-bond donors (Lipinski definition) is 1. The second-order valence-corrected chi connectivity index (χ2v) is 9.51. The van der Waals surface area contributed by atoms with Crippen LogP contribution in [-0.4, -0.2) is 14.7 Å². The molecule has 5 aromatic rings. The molecule has 0 bridgehead atoms. The standard InChI is InChI=1S/C30H23ClN4OS/c31-21-8-6-9-23(20-21)34-19-7-13-27(34)29-28(26-12-4-5-18-32-26)33-30(37)35(29)22-14-16-25(17-15-22)36-24-10-2-1-3-11-24/h1-20,28-29H,(H,33,37)/t28-,29-/m1/s1. The number of thiocarbonyl (C=S) groups is 1. The lowest BCUT2D eigenvalue weighted by atomic mass is 10.0. The number of rotatable bonds is 6. The molecule has 6 rings (SSSR count). The van der Waals surface area contributed by atoms with E-state index in [9.17, 15) is 0 Å². The SMILES string of the molecule is S=C1N[C@H](c2ccccn2)[C@@H](c2cccn2-c2cccc(Cl)c2)N1c1ccc(Oc2ccccc2)cc1. The maximum Gasteiger partial charge on any atom is 0.174 e. The molecule has 3 aromatic carbocycles. The molecular formula is C30H23ClN4OS. The van der Waals surface area contributed by atoms with Gasteiger partial charge in [0, 0.05) is 34.5 Å². The van der Waals surface area contributed by atoms with E-state index in [1.54, 1.807) is 0 Å². The number of pyridine rings is 1. The van der Waals surface area contributed by atoms with Gasteiger partial charge in [-0.2, -0.15) is 0 Å². The van der Waals surface area contributed by atoms with Gasteiger partial charge in [-0.25, -0.2) is 0 Å². The van der Waals surface area contributed by atoms with Gasteiger partial charge in [0.1, 0.15) is 17.5 Å². The number of para-hydroxylation sites is 1. The number of hydrogen-bond acceptors (Lipinski definition) is 3. The van der Waals surface area contributed by atoms with E-state index < -0.39 is 0 Å². The van der Waals surface area contributed by atoms with Crippen molar-refractivity contribution in [3.63, 3.8) is 0 Å². The lowest BCUT2D eigenvalue weighted by Gasteiger charge is -2.29. The summed E-state index contributed by atoms with van der Waals surface area (Å²) in [6.45, 7) is 0. The first-order chi connectivity index (χ1) is 18.2. The molecular weight excluding hydrogens is 500 g/mol. The van der Waals surface area contributed by atoms with E-state index in [-0.39, 0.29) is 12.1 Å². The highest BCUT2D eigenvalue weighted by atomic mass is 35.5. The summed E-state index contributed by atoms with van der Waals surface area (Å²) in [7, 11) is 0. The zero-order valence-corrected chi connectivity index (χ0v) is 21.3. The summed E-state index contributed by atoms with van der Waals surface area (Å²) >= 11 is 12.2. The molecule has 2 aromatic heterocycles. The number of anilines is 1. The van der Waals surface area contributed by atoms with Crippen LogP contribution in [0.3, 0.4) is 0 Å². The Hall–Kier alpha value is -4.13. The normalized spacial score (nSPS) is 17.0. The first-order valence-electron chi connectivity index (χ1n) is 11.9. The Bertz CT molecular complexity index is 1520. The topological polar surface area (TPSA) is 42.3 Å². The molecule has 1 fully saturated rings. The fourth-order valence-electron chi connectivity index (χ4n) is 4.73. The highest BCUT2D eigenvalue weighted by Crippen LogP contribution is 2.42. The minimum Gasteiger partial charge on any atom is -0.457 e. The van der Waals surface area contributed by atoms with Crippen LogP contribution in [0.25, 0.3) is 5.69 Å². The zero-order chi connectivity index (χ0) is 25.2. The van der Waals surface area contributed by atoms with Gasteiger partial charge in [-0.1, -0.05) is 41.9 Å². The van der Waals surface area contributed by atoms with Gasteiger partial charge in [0.2, 0.25) is 0 Å². The molecule has 5 nitrogen and oxygen atoms in total. The van der Waals surface area contributed by atoms with Crippen molar-refractivity contribution in [3.8, 4) is 17.2 Å². The fraction of sp³-hybridized carbons (Fsp3) is 0.0667. The average Bonchev–Trinajstić information content (AvgIpc) is 3.55. The van der Waals surface area contributed by atoms with E-state index in [1.165, 1.54) is 0 Å². The average molecular weight is 523 g/mol. The van der Waals surface area contributed by atoms with Gasteiger partial charge in [-0.05, 0) is 91.1 Å². The van der Waals surface area contributed by atoms with E-state index in [0.29, 0.717) is 10.1 Å². The third kappa shape index (κ3) is 4.69. The Morgan fingerprint density at radius 1 is 0.784 bits per heavy atom. The van der Waals surface area contributed by atoms with Crippen molar-refractivity contribution in [2.45, 2.75) is 12.1 Å². The fourth-order valence-corrected chi connectivity index (χ4v) is 5.26. The number of benzene rings is 3.